The monoisotopic (exact) mass is 415 g/mol. The number of hydrogen-bond donors (Lipinski definition) is 1. The van der Waals surface area contributed by atoms with Crippen LogP contribution in [0.25, 0.3) is 0 Å². The van der Waals surface area contributed by atoms with Crippen molar-refractivity contribution in [1.29, 1.82) is 0 Å². The van der Waals surface area contributed by atoms with E-state index < -0.39 is 0 Å². The Kier molecular flexibility index (Phi) is 6.40. The van der Waals surface area contributed by atoms with E-state index in [2.05, 4.69) is 54.1 Å². The summed E-state index contributed by atoms with van der Waals surface area (Å²) < 4.78 is 5.66. The highest BCUT2D eigenvalue weighted by Gasteiger charge is 2.30. The molecular formula is C23H30ClN3O2. The number of benzene rings is 1. The lowest BCUT2D eigenvalue weighted by Crippen LogP contribution is -2.40. The molecule has 1 aromatic rings. The summed E-state index contributed by atoms with van der Waals surface area (Å²) in [6, 6.07) is 8.60. The quantitative estimate of drug-likeness (QED) is 0.770. The number of aliphatic hydroxyl groups excluding tert-OH is 1. The standard InChI is InChI=1S/C23H30ClN3O2/c1-16-7-8-18-5-3-4-6-21(18)26(2)23(16)19-11-22(25-12-20(19)24)27-9-10-29-15-17(13-27)14-28/h3-6,11-12,17,20,22,28H,7-10,13-15H2,1-2H3. The Morgan fingerprint density at radius 3 is 2.93 bits per heavy atom. The van der Waals surface area contributed by atoms with Crippen molar-refractivity contribution in [2.24, 2.45) is 10.9 Å². The third-order valence-electron chi connectivity index (χ3n) is 6.13. The minimum Gasteiger partial charge on any atom is -0.396 e. The molecule has 29 heavy (non-hydrogen) atoms. The summed E-state index contributed by atoms with van der Waals surface area (Å²) in [6.45, 7) is 5.17. The second-order valence-electron chi connectivity index (χ2n) is 8.17. The van der Waals surface area contributed by atoms with Crippen LogP contribution in [0.2, 0.25) is 0 Å². The van der Waals surface area contributed by atoms with E-state index in [1.54, 1.807) is 0 Å². The van der Waals surface area contributed by atoms with Crippen molar-refractivity contribution in [2.45, 2.75) is 31.3 Å². The van der Waals surface area contributed by atoms with Crippen LogP contribution in [0.15, 0.2) is 52.2 Å². The second kappa shape index (κ2) is 9.00. The number of ether oxygens (including phenoxy) is 1. The first-order chi connectivity index (χ1) is 14.1. The summed E-state index contributed by atoms with van der Waals surface area (Å²) in [5.74, 6) is 0.117. The third kappa shape index (κ3) is 4.29. The minimum absolute atomic E-state index is 0.0806. The molecule has 1 fully saturated rings. The first kappa shape index (κ1) is 20.6. The van der Waals surface area contributed by atoms with Gasteiger partial charge in [-0.3, -0.25) is 9.89 Å². The van der Waals surface area contributed by atoms with Gasteiger partial charge in [-0.15, -0.1) is 11.6 Å². The lowest BCUT2D eigenvalue weighted by Gasteiger charge is -2.33. The van der Waals surface area contributed by atoms with Gasteiger partial charge in [0, 0.05) is 50.3 Å². The molecule has 0 amide bonds. The van der Waals surface area contributed by atoms with Gasteiger partial charge in [0.2, 0.25) is 0 Å². The van der Waals surface area contributed by atoms with Gasteiger partial charge in [0.15, 0.2) is 0 Å². The van der Waals surface area contributed by atoms with Gasteiger partial charge in [-0.1, -0.05) is 18.2 Å². The normalized spacial score (nSPS) is 28.6. The molecule has 1 saturated heterocycles. The first-order valence-corrected chi connectivity index (χ1v) is 10.9. The highest BCUT2D eigenvalue weighted by Crippen LogP contribution is 2.37. The molecule has 6 heteroatoms. The molecule has 156 valence electrons. The number of alkyl halides is 1. The number of hydrogen-bond acceptors (Lipinski definition) is 5. The fourth-order valence-corrected chi connectivity index (χ4v) is 4.78. The maximum atomic E-state index is 9.63. The maximum absolute atomic E-state index is 9.63. The van der Waals surface area contributed by atoms with E-state index in [1.165, 1.54) is 22.5 Å². The summed E-state index contributed by atoms with van der Waals surface area (Å²) in [5.41, 5.74) is 6.28. The van der Waals surface area contributed by atoms with E-state index in [0.717, 1.165) is 31.5 Å². The van der Waals surface area contributed by atoms with E-state index in [0.29, 0.717) is 13.2 Å². The average Bonchev–Trinajstić information content (AvgIpc) is 3.05. The Hall–Kier alpha value is -1.66. The van der Waals surface area contributed by atoms with Crippen LogP contribution in [-0.2, 0) is 11.2 Å². The minimum atomic E-state index is -0.249. The Labute approximate surface area is 178 Å². The number of halogens is 1. The summed E-state index contributed by atoms with van der Waals surface area (Å²) in [7, 11) is 2.13. The molecule has 0 aliphatic carbocycles. The number of rotatable bonds is 3. The Morgan fingerprint density at radius 1 is 1.28 bits per heavy atom. The molecule has 0 radical (unpaired) electrons. The SMILES string of the molecule is CC1=C(C2=CC(N3CCOCC(CO)C3)N=CC2Cl)N(C)c2ccccc2CC1. The number of anilines is 1. The molecule has 0 saturated carbocycles. The first-order valence-electron chi connectivity index (χ1n) is 10.4. The molecule has 5 nitrogen and oxygen atoms in total. The van der Waals surface area contributed by atoms with Crippen LogP contribution in [0.3, 0.4) is 0 Å². The topological polar surface area (TPSA) is 48.3 Å². The van der Waals surface area contributed by atoms with Crippen molar-refractivity contribution in [3.05, 3.63) is 52.7 Å². The van der Waals surface area contributed by atoms with Crippen LogP contribution in [-0.4, -0.2) is 67.7 Å². The van der Waals surface area contributed by atoms with Gasteiger partial charge in [0.05, 0.1) is 18.6 Å². The zero-order valence-corrected chi connectivity index (χ0v) is 18.0. The number of likely N-dealkylation sites (N-methyl/N-ethyl adjacent to an activating group) is 1. The highest BCUT2D eigenvalue weighted by atomic mass is 35.5. The van der Waals surface area contributed by atoms with Crippen molar-refractivity contribution in [3.8, 4) is 0 Å². The molecule has 3 aliphatic heterocycles. The van der Waals surface area contributed by atoms with Gasteiger partial charge in [-0.05, 0) is 48.6 Å². The summed E-state index contributed by atoms with van der Waals surface area (Å²) in [4.78, 5) is 9.30. The Morgan fingerprint density at radius 2 is 2.10 bits per heavy atom. The van der Waals surface area contributed by atoms with Crippen molar-refractivity contribution in [1.82, 2.24) is 4.90 Å². The summed E-state index contributed by atoms with van der Waals surface area (Å²) in [5, 5.41) is 9.38. The average molecular weight is 416 g/mol. The third-order valence-corrected chi connectivity index (χ3v) is 6.48. The molecule has 0 spiro atoms. The number of aliphatic imine (C=N–C) groups is 1. The zero-order valence-electron chi connectivity index (χ0n) is 17.2. The lowest BCUT2D eigenvalue weighted by molar-refractivity contribution is 0.0957. The molecule has 1 aromatic carbocycles. The fourth-order valence-electron chi connectivity index (χ4n) is 4.54. The van der Waals surface area contributed by atoms with Crippen LogP contribution in [0, 0.1) is 5.92 Å². The number of allylic oxidation sites excluding steroid dienone is 2. The van der Waals surface area contributed by atoms with E-state index in [9.17, 15) is 5.11 Å². The second-order valence-corrected chi connectivity index (χ2v) is 8.64. The maximum Gasteiger partial charge on any atom is 0.121 e. The van der Waals surface area contributed by atoms with E-state index >= 15 is 0 Å². The van der Waals surface area contributed by atoms with Crippen LogP contribution < -0.4 is 4.90 Å². The van der Waals surface area contributed by atoms with Crippen LogP contribution >= 0.6 is 11.6 Å². The van der Waals surface area contributed by atoms with E-state index in [1.807, 2.05) is 6.21 Å². The summed E-state index contributed by atoms with van der Waals surface area (Å²) in [6.07, 6.45) is 6.05. The van der Waals surface area contributed by atoms with E-state index in [4.69, 9.17) is 21.3 Å². The van der Waals surface area contributed by atoms with Crippen LogP contribution in [0.5, 0.6) is 0 Å². The fraction of sp³-hybridized carbons (Fsp3) is 0.522. The number of aliphatic hydroxyl groups is 1. The van der Waals surface area contributed by atoms with E-state index in [-0.39, 0.29) is 24.1 Å². The molecule has 3 unspecified atom stereocenters. The van der Waals surface area contributed by atoms with Gasteiger partial charge in [0.25, 0.3) is 0 Å². The molecule has 0 bridgehead atoms. The van der Waals surface area contributed by atoms with Crippen molar-refractivity contribution in [2.75, 3.05) is 44.9 Å². The highest BCUT2D eigenvalue weighted by molar-refractivity contribution is 6.31. The van der Waals surface area contributed by atoms with Gasteiger partial charge < -0.3 is 14.7 Å². The van der Waals surface area contributed by atoms with Gasteiger partial charge >= 0.3 is 0 Å². The number of nitrogens with zero attached hydrogens (tertiary/aromatic N) is 3. The van der Waals surface area contributed by atoms with Gasteiger partial charge in [-0.25, -0.2) is 0 Å². The smallest absolute Gasteiger partial charge is 0.121 e. The molecule has 0 aromatic heterocycles. The van der Waals surface area contributed by atoms with Crippen molar-refractivity contribution >= 4 is 23.5 Å². The van der Waals surface area contributed by atoms with Gasteiger partial charge in [0.1, 0.15) is 6.17 Å². The van der Waals surface area contributed by atoms with Crippen molar-refractivity contribution in [3.63, 3.8) is 0 Å². The number of para-hydroxylation sites is 1. The molecule has 3 atom stereocenters. The van der Waals surface area contributed by atoms with Gasteiger partial charge in [-0.2, -0.15) is 0 Å². The Bertz CT molecular complexity index is 835. The summed E-state index contributed by atoms with van der Waals surface area (Å²) >= 11 is 6.76. The molecule has 3 aliphatic rings. The zero-order chi connectivity index (χ0) is 20.4. The van der Waals surface area contributed by atoms with Crippen LogP contribution in [0.1, 0.15) is 18.9 Å². The number of dihydropyridines is 1. The molecule has 4 rings (SSSR count). The molecule has 1 N–H and O–H groups in total. The largest absolute Gasteiger partial charge is 0.396 e. The van der Waals surface area contributed by atoms with Crippen LogP contribution in [0.4, 0.5) is 5.69 Å². The predicted octanol–water partition coefficient (Wildman–Crippen LogP) is 3.23. The number of fused-ring (bicyclic) bond motifs is 1. The number of aryl methyl sites for hydroxylation is 1. The molecular weight excluding hydrogens is 386 g/mol. The molecule has 3 heterocycles. The lowest BCUT2D eigenvalue weighted by atomic mass is 9.98. The van der Waals surface area contributed by atoms with Crippen molar-refractivity contribution < 1.29 is 9.84 Å². The Balaban J connectivity index is 1.67. The predicted molar refractivity (Wildman–Crippen MR) is 119 cm³/mol.